The number of aryl methyl sites for hydroxylation is 1. The Hall–Kier alpha value is -0.900. The van der Waals surface area contributed by atoms with Gasteiger partial charge in [0.1, 0.15) is 0 Å². The topological polar surface area (TPSA) is 38.9 Å². The number of nitrogens with zero attached hydrogens (tertiary/aromatic N) is 1. The van der Waals surface area contributed by atoms with Crippen LogP contribution in [0.3, 0.4) is 0 Å². The van der Waals surface area contributed by atoms with E-state index in [1.807, 2.05) is 31.3 Å². The summed E-state index contributed by atoms with van der Waals surface area (Å²) in [6, 6.07) is 7.88. The van der Waals surface area contributed by atoms with E-state index in [4.69, 9.17) is 17.3 Å². The van der Waals surface area contributed by atoms with Gasteiger partial charge in [-0.3, -0.25) is 4.98 Å². The highest BCUT2D eigenvalue weighted by Crippen LogP contribution is 2.22. The largest absolute Gasteiger partial charge is 0.324 e. The van der Waals surface area contributed by atoms with E-state index in [1.165, 1.54) is 0 Å². The van der Waals surface area contributed by atoms with Crippen LogP contribution in [-0.4, -0.2) is 4.98 Å². The van der Waals surface area contributed by atoms with E-state index in [1.54, 1.807) is 6.20 Å². The number of halogens is 2. The molecular formula is C14H14BrClN2. The summed E-state index contributed by atoms with van der Waals surface area (Å²) in [5, 5.41) is 0.729. The second kappa shape index (κ2) is 5.83. The molecule has 0 saturated heterocycles. The van der Waals surface area contributed by atoms with Crippen molar-refractivity contribution in [3.63, 3.8) is 0 Å². The van der Waals surface area contributed by atoms with Crippen LogP contribution in [0.2, 0.25) is 5.02 Å². The molecule has 0 spiro atoms. The van der Waals surface area contributed by atoms with E-state index >= 15 is 0 Å². The van der Waals surface area contributed by atoms with E-state index in [-0.39, 0.29) is 6.04 Å². The molecular weight excluding hydrogens is 312 g/mol. The summed E-state index contributed by atoms with van der Waals surface area (Å²) in [5.41, 5.74) is 9.50. The van der Waals surface area contributed by atoms with Gasteiger partial charge in [-0.25, -0.2) is 0 Å². The summed E-state index contributed by atoms with van der Waals surface area (Å²) >= 11 is 9.45. The van der Waals surface area contributed by atoms with Crippen LogP contribution in [0.5, 0.6) is 0 Å². The Morgan fingerprint density at radius 1 is 1.28 bits per heavy atom. The monoisotopic (exact) mass is 324 g/mol. The van der Waals surface area contributed by atoms with Crippen molar-refractivity contribution in [3.05, 3.63) is 62.8 Å². The molecule has 0 saturated carbocycles. The van der Waals surface area contributed by atoms with Crippen molar-refractivity contribution >= 4 is 27.5 Å². The summed E-state index contributed by atoms with van der Waals surface area (Å²) in [6.45, 7) is 2.02. The smallest absolute Gasteiger partial charge is 0.0411 e. The van der Waals surface area contributed by atoms with Crippen molar-refractivity contribution in [2.75, 3.05) is 0 Å². The first kappa shape index (κ1) is 13.5. The molecule has 0 bridgehead atoms. The summed E-state index contributed by atoms with van der Waals surface area (Å²) in [5.74, 6) is 0. The van der Waals surface area contributed by atoms with Crippen LogP contribution >= 0.6 is 27.5 Å². The minimum absolute atomic E-state index is 0.0708. The van der Waals surface area contributed by atoms with Gasteiger partial charge in [-0.1, -0.05) is 17.7 Å². The van der Waals surface area contributed by atoms with E-state index in [2.05, 4.69) is 27.0 Å². The minimum Gasteiger partial charge on any atom is -0.324 e. The van der Waals surface area contributed by atoms with E-state index in [9.17, 15) is 0 Å². The van der Waals surface area contributed by atoms with Crippen LogP contribution in [0, 0.1) is 6.92 Å². The van der Waals surface area contributed by atoms with E-state index in [0.717, 1.165) is 32.6 Å². The lowest BCUT2D eigenvalue weighted by atomic mass is 9.99. The highest BCUT2D eigenvalue weighted by atomic mass is 79.9. The first-order valence-electron chi connectivity index (χ1n) is 5.66. The summed E-state index contributed by atoms with van der Waals surface area (Å²) in [6.07, 6.45) is 4.34. The molecule has 94 valence electrons. The minimum atomic E-state index is -0.0708. The molecule has 2 aromatic rings. The first-order valence-corrected chi connectivity index (χ1v) is 6.84. The molecule has 1 aromatic carbocycles. The molecule has 18 heavy (non-hydrogen) atoms. The van der Waals surface area contributed by atoms with Gasteiger partial charge in [0.2, 0.25) is 0 Å². The van der Waals surface area contributed by atoms with Crippen LogP contribution in [0.15, 0.2) is 41.1 Å². The average molecular weight is 326 g/mol. The van der Waals surface area contributed by atoms with E-state index < -0.39 is 0 Å². The molecule has 1 heterocycles. The third-order valence-corrected chi connectivity index (χ3v) is 3.36. The van der Waals surface area contributed by atoms with Gasteiger partial charge in [0.15, 0.2) is 0 Å². The fraction of sp³-hybridized carbons (Fsp3) is 0.214. The molecule has 0 fully saturated rings. The first-order chi connectivity index (χ1) is 8.54. The predicted octanol–water partition coefficient (Wildman–Crippen LogP) is 4.05. The zero-order valence-corrected chi connectivity index (χ0v) is 12.4. The van der Waals surface area contributed by atoms with E-state index in [0.29, 0.717) is 0 Å². The molecule has 4 heteroatoms. The van der Waals surface area contributed by atoms with Gasteiger partial charge < -0.3 is 5.73 Å². The molecule has 1 unspecified atom stereocenters. The Labute approximate surface area is 120 Å². The number of nitrogens with two attached hydrogens (primary N) is 1. The molecule has 0 aliphatic carbocycles. The zero-order chi connectivity index (χ0) is 13.1. The molecule has 1 atom stereocenters. The van der Waals surface area contributed by atoms with Gasteiger partial charge in [-0.15, -0.1) is 0 Å². The fourth-order valence-electron chi connectivity index (χ4n) is 1.92. The number of hydrogen-bond acceptors (Lipinski definition) is 2. The molecule has 0 aliphatic heterocycles. The molecule has 0 amide bonds. The Balaban J connectivity index is 2.19. The van der Waals surface area contributed by atoms with Crippen molar-refractivity contribution < 1.29 is 0 Å². The SMILES string of the molecule is Cc1cc(Cl)cc(C(N)Cc2cncc(Br)c2)c1. The lowest BCUT2D eigenvalue weighted by molar-refractivity contribution is 0.718. The summed E-state index contributed by atoms with van der Waals surface area (Å²) < 4.78 is 0.967. The Morgan fingerprint density at radius 2 is 2.06 bits per heavy atom. The quantitative estimate of drug-likeness (QED) is 0.924. The van der Waals surface area contributed by atoms with Crippen molar-refractivity contribution in [3.8, 4) is 0 Å². The lowest BCUT2D eigenvalue weighted by Crippen LogP contribution is -2.13. The maximum atomic E-state index is 6.21. The number of hydrogen-bond donors (Lipinski definition) is 1. The van der Waals surface area contributed by atoms with Gasteiger partial charge >= 0.3 is 0 Å². The number of rotatable bonds is 3. The molecule has 2 N–H and O–H groups in total. The van der Waals surface area contributed by atoms with Crippen molar-refractivity contribution in [2.24, 2.45) is 5.73 Å². The van der Waals surface area contributed by atoms with Gasteiger partial charge in [-0.05, 0) is 64.2 Å². The Morgan fingerprint density at radius 3 is 2.72 bits per heavy atom. The van der Waals surface area contributed by atoms with Gasteiger partial charge in [-0.2, -0.15) is 0 Å². The number of aromatic nitrogens is 1. The average Bonchev–Trinajstić information content (AvgIpc) is 2.27. The normalized spacial score (nSPS) is 12.4. The van der Waals surface area contributed by atoms with Crippen LogP contribution in [-0.2, 0) is 6.42 Å². The molecule has 0 aliphatic rings. The lowest BCUT2D eigenvalue weighted by Gasteiger charge is -2.13. The third kappa shape index (κ3) is 3.55. The van der Waals surface area contributed by atoms with Crippen LogP contribution in [0.1, 0.15) is 22.7 Å². The highest BCUT2D eigenvalue weighted by molar-refractivity contribution is 9.10. The molecule has 1 aromatic heterocycles. The number of benzene rings is 1. The zero-order valence-electron chi connectivity index (χ0n) is 10.0. The maximum absolute atomic E-state index is 6.21. The van der Waals surface area contributed by atoms with Crippen molar-refractivity contribution in [1.29, 1.82) is 0 Å². The molecule has 2 nitrogen and oxygen atoms in total. The van der Waals surface area contributed by atoms with Gasteiger partial charge in [0, 0.05) is 27.9 Å². The fourth-order valence-corrected chi connectivity index (χ4v) is 2.63. The predicted molar refractivity (Wildman–Crippen MR) is 78.8 cm³/mol. The second-order valence-corrected chi connectivity index (χ2v) is 5.74. The maximum Gasteiger partial charge on any atom is 0.0411 e. The van der Waals surface area contributed by atoms with Crippen LogP contribution in [0.25, 0.3) is 0 Å². The van der Waals surface area contributed by atoms with Crippen LogP contribution < -0.4 is 5.73 Å². The van der Waals surface area contributed by atoms with Gasteiger partial charge in [0.05, 0.1) is 0 Å². The van der Waals surface area contributed by atoms with Crippen LogP contribution in [0.4, 0.5) is 0 Å². The Bertz CT molecular complexity index is 537. The van der Waals surface area contributed by atoms with Crippen molar-refractivity contribution in [2.45, 2.75) is 19.4 Å². The Kier molecular flexibility index (Phi) is 4.38. The summed E-state index contributed by atoms with van der Waals surface area (Å²) in [4.78, 5) is 4.14. The number of pyridine rings is 1. The third-order valence-electron chi connectivity index (χ3n) is 2.71. The molecule has 0 radical (unpaired) electrons. The second-order valence-electron chi connectivity index (χ2n) is 4.38. The highest BCUT2D eigenvalue weighted by Gasteiger charge is 2.09. The molecule has 2 rings (SSSR count). The van der Waals surface area contributed by atoms with Crippen molar-refractivity contribution in [1.82, 2.24) is 4.98 Å². The van der Waals surface area contributed by atoms with Gasteiger partial charge in [0.25, 0.3) is 0 Å². The summed E-state index contributed by atoms with van der Waals surface area (Å²) in [7, 11) is 0. The standard InChI is InChI=1S/C14H14BrClN2/c1-9-2-11(6-13(16)3-9)14(17)5-10-4-12(15)8-18-7-10/h2-4,6-8,14H,5,17H2,1H3.